The third kappa shape index (κ3) is 5.49. The molecule has 5 heteroatoms. The number of nitrogens with zero attached hydrogens (tertiary/aromatic N) is 3. The normalized spacial score (nSPS) is 11.6. The van der Waals surface area contributed by atoms with E-state index in [1.807, 2.05) is 12.1 Å². The third-order valence-electron chi connectivity index (χ3n) is 3.72. The van der Waals surface area contributed by atoms with E-state index in [2.05, 4.69) is 78.6 Å². The first-order chi connectivity index (χ1) is 11.4. The highest BCUT2D eigenvalue weighted by atomic mass is 15.1. The summed E-state index contributed by atoms with van der Waals surface area (Å²) in [6.45, 7) is 8.55. The Morgan fingerprint density at radius 2 is 1.83 bits per heavy atom. The molecular formula is C19H29N5. The average Bonchev–Trinajstić information content (AvgIpc) is 2.51. The number of anilines is 3. The van der Waals surface area contributed by atoms with Crippen molar-refractivity contribution in [1.82, 2.24) is 14.9 Å². The Hall–Kier alpha value is -2.14. The number of hydrogen-bond acceptors (Lipinski definition) is 5. The van der Waals surface area contributed by atoms with Crippen LogP contribution in [0.4, 0.5) is 17.5 Å². The van der Waals surface area contributed by atoms with Crippen LogP contribution in [0.1, 0.15) is 32.8 Å². The van der Waals surface area contributed by atoms with Crippen LogP contribution in [0.15, 0.2) is 36.5 Å². The van der Waals surface area contributed by atoms with E-state index in [0.717, 1.165) is 31.0 Å². The molecule has 2 N–H and O–H groups in total. The molecule has 5 nitrogen and oxygen atoms in total. The van der Waals surface area contributed by atoms with E-state index < -0.39 is 0 Å². The van der Waals surface area contributed by atoms with Gasteiger partial charge >= 0.3 is 0 Å². The first-order valence-corrected chi connectivity index (χ1v) is 8.44. The molecule has 0 aliphatic heterocycles. The number of para-hydroxylation sites is 1. The molecule has 0 spiro atoms. The minimum atomic E-state index is 0.0733. The molecule has 1 aromatic heterocycles. The number of nitrogens with one attached hydrogen (secondary N) is 2. The topological polar surface area (TPSA) is 53.1 Å². The summed E-state index contributed by atoms with van der Waals surface area (Å²) in [5.74, 6) is 1.46. The zero-order valence-corrected chi connectivity index (χ0v) is 15.4. The van der Waals surface area contributed by atoms with Crippen LogP contribution in [-0.2, 0) is 5.41 Å². The van der Waals surface area contributed by atoms with Gasteiger partial charge < -0.3 is 15.5 Å². The lowest BCUT2D eigenvalue weighted by Crippen LogP contribution is -2.17. The molecule has 0 radical (unpaired) electrons. The first-order valence-electron chi connectivity index (χ1n) is 8.44. The number of benzene rings is 1. The van der Waals surface area contributed by atoms with Gasteiger partial charge in [0.2, 0.25) is 5.95 Å². The van der Waals surface area contributed by atoms with E-state index in [1.165, 1.54) is 5.56 Å². The molecular weight excluding hydrogens is 298 g/mol. The van der Waals surface area contributed by atoms with E-state index in [9.17, 15) is 0 Å². The lowest BCUT2D eigenvalue weighted by molar-refractivity contribution is 0.405. The van der Waals surface area contributed by atoms with Crippen molar-refractivity contribution in [2.45, 2.75) is 32.6 Å². The molecule has 0 atom stereocenters. The van der Waals surface area contributed by atoms with E-state index in [4.69, 9.17) is 0 Å². The zero-order valence-electron chi connectivity index (χ0n) is 15.4. The van der Waals surface area contributed by atoms with Crippen molar-refractivity contribution in [3.8, 4) is 0 Å². The SMILES string of the molecule is CN(C)CCCNc1nccc(Nc2ccccc2C(C)(C)C)n1. The molecule has 130 valence electrons. The maximum Gasteiger partial charge on any atom is 0.224 e. The predicted molar refractivity (Wildman–Crippen MR) is 102 cm³/mol. The summed E-state index contributed by atoms with van der Waals surface area (Å²) in [6.07, 6.45) is 2.84. The minimum absolute atomic E-state index is 0.0733. The summed E-state index contributed by atoms with van der Waals surface area (Å²) in [7, 11) is 4.15. The minimum Gasteiger partial charge on any atom is -0.354 e. The van der Waals surface area contributed by atoms with Crippen LogP contribution in [0.25, 0.3) is 0 Å². The Labute approximate surface area is 145 Å². The molecule has 0 amide bonds. The van der Waals surface area contributed by atoms with Crippen molar-refractivity contribution < 1.29 is 0 Å². The molecule has 0 aliphatic carbocycles. The Balaban J connectivity index is 2.05. The molecule has 2 rings (SSSR count). The monoisotopic (exact) mass is 327 g/mol. The number of hydrogen-bond donors (Lipinski definition) is 2. The largest absolute Gasteiger partial charge is 0.354 e. The van der Waals surface area contributed by atoms with Gasteiger partial charge in [0, 0.05) is 18.4 Å². The van der Waals surface area contributed by atoms with Gasteiger partial charge in [0.25, 0.3) is 0 Å². The van der Waals surface area contributed by atoms with Crippen molar-refractivity contribution in [2.24, 2.45) is 0 Å². The van der Waals surface area contributed by atoms with Crippen LogP contribution in [0, 0.1) is 0 Å². The summed E-state index contributed by atoms with van der Waals surface area (Å²) in [4.78, 5) is 11.0. The lowest BCUT2D eigenvalue weighted by atomic mass is 9.86. The summed E-state index contributed by atoms with van der Waals surface area (Å²) in [6, 6.07) is 10.3. The smallest absolute Gasteiger partial charge is 0.224 e. The molecule has 1 heterocycles. The number of aromatic nitrogens is 2. The maximum absolute atomic E-state index is 4.56. The average molecular weight is 327 g/mol. The second kappa shape index (κ2) is 8.11. The molecule has 2 aromatic rings. The van der Waals surface area contributed by atoms with Crippen molar-refractivity contribution in [3.05, 3.63) is 42.1 Å². The highest BCUT2D eigenvalue weighted by molar-refractivity contribution is 5.62. The van der Waals surface area contributed by atoms with Gasteiger partial charge in [0.15, 0.2) is 0 Å². The fraction of sp³-hybridized carbons (Fsp3) is 0.474. The standard InChI is InChI=1S/C19H29N5/c1-19(2,3)15-9-6-7-10-16(15)22-17-11-13-21-18(23-17)20-12-8-14-24(4)5/h6-7,9-11,13H,8,12,14H2,1-5H3,(H2,20,21,22,23). The van der Waals surface area contributed by atoms with Crippen molar-refractivity contribution >= 4 is 17.5 Å². The van der Waals surface area contributed by atoms with Crippen molar-refractivity contribution in [1.29, 1.82) is 0 Å². The van der Waals surface area contributed by atoms with Crippen LogP contribution < -0.4 is 10.6 Å². The van der Waals surface area contributed by atoms with E-state index in [-0.39, 0.29) is 5.41 Å². The Kier molecular flexibility index (Phi) is 6.15. The van der Waals surface area contributed by atoms with E-state index in [1.54, 1.807) is 6.20 Å². The molecule has 0 saturated heterocycles. The van der Waals surface area contributed by atoms with Crippen LogP contribution in [0.5, 0.6) is 0 Å². The summed E-state index contributed by atoms with van der Waals surface area (Å²) < 4.78 is 0. The Morgan fingerprint density at radius 1 is 1.08 bits per heavy atom. The summed E-state index contributed by atoms with van der Waals surface area (Å²) in [5.41, 5.74) is 2.43. The molecule has 0 fully saturated rings. The second-order valence-electron chi connectivity index (χ2n) is 7.27. The van der Waals surface area contributed by atoms with Crippen molar-refractivity contribution in [2.75, 3.05) is 37.8 Å². The third-order valence-corrected chi connectivity index (χ3v) is 3.72. The highest BCUT2D eigenvalue weighted by Gasteiger charge is 2.17. The first kappa shape index (κ1) is 18.2. The lowest BCUT2D eigenvalue weighted by Gasteiger charge is -2.23. The van der Waals surface area contributed by atoms with E-state index >= 15 is 0 Å². The van der Waals surface area contributed by atoms with Crippen LogP contribution in [-0.4, -0.2) is 42.1 Å². The molecule has 0 aliphatic rings. The van der Waals surface area contributed by atoms with Gasteiger partial charge in [-0.05, 0) is 50.2 Å². The fourth-order valence-corrected chi connectivity index (χ4v) is 2.49. The summed E-state index contributed by atoms with van der Waals surface area (Å²) in [5, 5.41) is 6.71. The Morgan fingerprint density at radius 3 is 2.54 bits per heavy atom. The quantitative estimate of drug-likeness (QED) is 0.756. The van der Waals surface area contributed by atoms with Gasteiger partial charge in [-0.3, -0.25) is 0 Å². The number of rotatable bonds is 7. The molecule has 0 saturated carbocycles. The summed E-state index contributed by atoms with van der Waals surface area (Å²) >= 11 is 0. The predicted octanol–water partition coefficient (Wildman–Crippen LogP) is 3.88. The van der Waals surface area contributed by atoms with Gasteiger partial charge in [-0.2, -0.15) is 4.98 Å². The fourth-order valence-electron chi connectivity index (χ4n) is 2.49. The molecule has 0 unspecified atom stereocenters. The van der Waals surface area contributed by atoms with Gasteiger partial charge in [0.1, 0.15) is 5.82 Å². The highest BCUT2D eigenvalue weighted by Crippen LogP contribution is 2.30. The van der Waals surface area contributed by atoms with Crippen LogP contribution in [0.2, 0.25) is 0 Å². The molecule has 0 bridgehead atoms. The van der Waals surface area contributed by atoms with Crippen LogP contribution >= 0.6 is 0 Å². The second-order valence-corrected chi connectivity index (χ2v) is 7.27. The van der Waals surface area contributed by atoms with E-state index in [0.29, 0.717) is 5.95 Å². The van der Waals surface area contributed by atoms with Gasteiger partial charge in [0.05, 0.1) is 0 Å². The van der Waals surface area contributed by atoms with Gasteiger partial charge in [-0.25, -0.2) is 4.98 Å². The van der Waals surface area contributed by atoms with Gasteiger partial charge in [-0.1, -0.05) is 39.0 Å². The zero-order chi connectivity index (χ0) is 17.6. The molecule has 24 heavy (non-hydrogen) atoms. The maximum atomic E-state index is 4.56. The van der Waals surface area contributed by atoms with Crippen LogP contribution in [0.3, 0.4) is 0 Å². The van der Waals surface area contributed by atoms with Gasteiger partial charge in [-0.15, -0.1) is 0 Å². The van der Waals surface area contributed by atoms with Crippen molar-refractivity contribution in [3.63, 3.8) is 0 Å². The Bertz CT molecular complexity index is 646. The molecule has 1 aromatic carbocycles.